The van der Waals surface area contributed by atoms with Crippen LogP contribution in [0, 0.1) is 62.6 Å². The van der Waals surface area contributed by atoms with Crippen LogP contribution >= 0.6 is 0 Å². The van der Waals surface area contributed by atoms with Crippen LogP contribution in [-0.2, 0) is 28.7 Å². The summed E-state index contributed by atoms with van der Waals surface area (Å²) in [5.41, 5.74) is 0.522. The quantitative estimate of drug-likeness (QED) is 0.208. The molecule has 1 saturated heterocycles. The van der Waals surface area contributed by atoms with E-state index in [9.17, 15) is 29.1 Å². The molecule has 8 rings (SSSR count). The van der Waals surface area contributed by atoms with Gasteiger partial charge in [-0.3, -0.25) is 24.0 Å². The van der Waals surface area contributed by atoms with Crippen LogP contribution in [0.25, 0.3) is 0 Å². The van der Waals surface area contributed by atoms with Crippen LogP contribution in [0.2, 0.25) is 0 Å². The van der Waals surface area contributed by atoms with E-state index in [1.54, 1.807) is 13.8 Å². The fraction of sp³-hybridized carbons (Fsp3) is 0.750. The number of carbonyl (C=O) groups excluding carboxylic acids is 4. The molecule has 11 nitrogen and oxygen atoms in total. The Morgan fingerprint density at radius 2 is 1.49 bits per heavy atom. The minimum absolute atomic E-state index is 0.0138. The van der Waals surface area contributed by atoms with Crippen LogP contribution in [0.5, 0.6) is 0 Å². The van der Waals surface area contributed by atoms with Crippen molar-refractivity contribution in [3.8, 4) is 0 Å². The molecule has 1 heterocycles. The van der Waals surface area contributed by atoms with Gasteiger partial charge in [0.05, 0.1) is 30.6 Å². The molecule has 6 aliphatic carbocycles. The zero-order valence-electron chi connectivity index (χ0n) is 40.0. The van der Waals surface area contributed by atoms with Crippen molar-refractivity contribution in [2.24, 2.45) is 62.6 Å². The average Bonchev–Trinajstić information content (AvgIpc) is 3.50. The number of nitrogens with one attached hydrogen (secondary N) is 2. The number of fused-ring (bicyclic) bond motifs is 7. The summed E-state index contributed by atoms with van der Waals surface area (Å²) in [4.78, 5) is 70.3. The van der Waals surface area contributed by atoms with Crippen molar-refractivity contribution in [1.29, 1.82) is 0 Å². The molecule has 1 aliphatic heterocycles. The first-order valence-electron chi connectivity index (χ1n) is 24.1. The number of allylic oxidation sites excluding steroid dienone is 1. The zero-order valence-corrected chi connectivity index (χ0v) is 40.0. The highest BCUT2D eigenvalue weighted by Gasteiger charge is 2.71. The first-order valence-corrected chi connectivity index (χ1v) is 24.1. The van der Waals surface area contributed by atoms with Gasteiger partial charge >= 0.3 is 11.9 Å². The predicted octanol–water partition coefficient (Wildman–Crippen LogP) is 8.54. The summed E-state index contributed by atoms with van der Waals surface area (Å²) in [6.07, 6.45) is 7.68. The van der Waals surface area contributed by atoms with Gasteiger partial charge < -0.3 is 30.1 Å². The van der Waals surface area contributed by atoms with Crippen molar-refractivity contribution in [2.45, 2.75) is 158 Å². The fourth-order valence-electron chi connectivity index (χ4n) is 15.3. The molecule has 3 N–H and O–H groups in total. The second kappa shape index (κ2) is 15.4. The van der Waals surface area contributed by atoms with Crippen LogP contribution in [-0.4, -0.2) is 78.1 Å². The van der Waals surface area contributed by atoms with E-state index in [-0.39, 0.29) is 69.6 Å². The van der Waals surface area contributed by atoms with Crippen LogP contribution in [0.3, 0.4) is 0 Å². The highest BCUT2D eigenvalue weighted by atomic mass is 16.5. The van der Waals surface area contributed by atoms with Gasteiger partial charge in [-0.05, 0) is 152 Å². The maximum atomic E-state index is 14.6. The number of Topliss-reactive ketones (excluding diaryl/α,β-unsaturated/α-hetero) is 1. The van der Waals surface area contributed by atoms with E-state index in [2.05, 4.69) is 64.0 Å². The monoisotopic (exact) mass is 870 g/mol. The predicted molar refractivity (Wildman–Crippen MR) is 242 cm³/mol. The number of anilines is 1. The summed E-state index contributed by atoms with van der Waals surface area (Å²) in [6, 6.07) is 7.51. The van der Waals surface area contributed by atoms with Crippen molar-refractivity contribution < 1.29 is 38.6 Å². The number of carboxylic acid groups (broad SMARTS) is 1. The lowest BCUT2D eigenvalue weighted by atomic mass is 9.33. The van der Waals surface area contributed by atoms with Crippen molar-refractivity contribution in [3.05, 3.63) is 41.0 Å². The number of ketones is 1. The van der Waals surface area contributed by atoms with Gasteiger partial charge in [-0.1, -0.05) is 62.3 Å². The van der Waals surface area contributed by atoms with E-state index in [1.807, 2.05) is 38.1 Å². The van der Waals surface area contributed by atoms with Gasteiger partial charge in [0.2, 0.25) is 5.91 Å². The van der Waals surface area contributed by atoms with Crippen LogP contribution in [0.1, 0.15) is 151 Å². The van der Waals surface area contributed by atoms with Gasteiger partial charge in [-0.2, -0.15) is 0 Å². The molecule has 0 aromatic heterocycles. The highest BCUT2D eigenvalue weighted by molar-refractivity contribution is 6.03. The number of hydrogen-bond acceptors (Lipinski definition) is 8. The number of benzene rings is 1. The maximum absolute atomic E-state index is 14.6. The number of ether oxygens (including phenoxy) is 2. The SMILES string of the molecule is CC(C)C1=C2[C@H]3CC[C@@H]4[C@@]5(C)CC[C@H](OC(=O)[C@H]6C[C@@H](C(=O)O)C6(C)C)C(C)(C)[C@@H]5CC[C@@]4(C)[C@]3(C)CC[C@@]2(NC(=O)C(C)(C)NC(=O)c2ccc(N3CCOCC3)cc2)CC1=O. The van der Waals surface area contributed by atoms with E-state index in [4.69, 9.17) is 9.47 Å². The van der Waals surface area contributed by atoms with Crippen molar-refractivity contribution in [1.82, 2.24) is 10.6 Å². The Morgan fingerprint density at radius 3 is 2.11 bits per heavy atom. The molecule has 0 unspecified atom stereocenters. The second-order valence-corrected chi connectivity index (χ2v) is 23.7. The molecule has 63 heavy (non-hydrogen) atoms. The van der Waals surface area contributed by atoms with Crippen molar-refractivity contribution in [2.75, 3.05) is 31.2 Å². The summed E-state index contributed by atoms with van der Waals surface area (Å²) in [6.45, 7) is 26.6. The summed E-state index contributed by atoms with van der Waals surface area (Å²) in [7, 11) is 0. The standard InChI is InChI=1S/C52H75N3O8/c1-30(2)40-36(56)29-52(54-45(61)48(7,8)53-42(57)31-12-14-32(15-13-31)55-24-26-62-27-25-55)23-22-50(10)33(41(40)52)16-17-38-49(9)20-19-39(47(5,6)37(49)18-21-51(38,50)11)63-44(60)35-28-34(43(58)59)46(35,3)4/h12-15,30,33-35,37-39H,16-29H2,1-11H3,(H,53,57)(H,54,61)(H,58,59)/t33-,34+,35-,37+,38-,39+,49+,50-,51-,52-/m1/s1. The molecule has 7 aliphatic rings. The number of amides is 2. The number of hydrogen-bond donors (Lipinski definition) is 3. The Labute approximate surface area is 375 Å². The Hall–Kier alpha value is -3.73. The van der Waals surface area contributed by atoms with E-state index < -0.39 is 34.3 Å². The van der Waals surface area contributed by atoms with E-state index in [0.29, 0.717) is 43.5 Å². The Balaban J connectivity index is 1.01. The minimum Gasteiger partial charge on any atom is -0.481 e. The number of esters is 1. The summed E-state index contributed by atoms with van der Waals surface area (Å²) < 4.78 is 11.9. The van der Waals surface area contributed by atoms with Gasteiger partial charge in [0.15, 0.2) is 5.78 Å². The number of nitrogens with zero attached hydrogens (tertiary/aromatic N) is 1. The number of aliphatic carboxylic acids is 1. The zero-order chi connectivity index (χ0) is 45.9. The van der Waals surface area contributed by atoms with Gasteiger partial charge in [0.25, 0.3) is 5.91 Å². The molecule has 6 fully saturated rings. The Morgan fingerprint density at radius 1 is 0.825 bits per heavy atom. The molecule has 11 heteroatoms. The molecular formula is C52H75N3O8. The molecule has 0 radical (unpaired) electrons. The number of rotatable bonds is 9. The topological polar surface area (TPSA) is 151 Å². The summed E-state index contributed by atoms with van der Waals surface area (Å²) >= 11 is 0. The Bertz CT molecular complexity index is 2080. The van der Waals surface area contributed by atoms with Crippen LogP contribution in [0.4, 0.5) is 5.69 Å². The van der Waals surface area contributed by atoms with E-state index in [1.165, 1.54) is 0 Å². The van der Waals surface area contributed by atoms with Crippen LogP contribution < -0.4 is 15.5 Å². The lowest BCUT2D eigenvalue weighted by Gasteiger charge is -2.72. The van der Waals surface area contributed by atoms with Gasteiger partial charge in [0.1, 0.15) is 11.6 Å². The third-order valence-electron chi connectivity index (χ3n) is 19.3. The molecule has 346 valence electrons. The van der Waals surface area contributed by atoms with Gasteiger partial charge in [-0.15, -0.1) is 0 Å². The third-order valence-corrected chi connectivity index (χ3v) is 19.3. The number of carboxylic acids is 1. The van der Waals surface area contributed by atoms with E-state index >= 15 is 0 Å². The normalized spacial score (nSPS) is 38.0. The molecule has 0 spiro atoms. The first kappa shape index (κ1) is 45.8. The molecule has 0 bridgehead atoms. The third kappa shape index (κ3) is 7.01. The average molecular weight is 870 g/mol. The maximum Gasteiger partial charge on any atom is 0.309 e. The lowest BCUT2D eigenvalue weighted by Crippen LogP contribution is -2.68. The first-order chi connectivity index (χ1) is 29.3. The smallest absolute Gasteiger partial charge is 0.309 e. The van der Waals surface area contributed by atoms with Gasteiger partial charge in [-0.25, -0.2) is 0 Å². The van der Waals surface area contributed by atoms with Gasteiger partial charge in [0, 0.05) is 36.2 Å². The number of morpholine rings is 1. The highest BCUT2D eigenvalue weighted by Crippen LogP contribution is 2.76. The lowest BCUT2D eigenvalue weighted by molar-refractivity contribution is -0.235. The Kier molecular flexibility index (Phi) is 11.2. The number of carbonyl (C=O) groups is 5. The molecule has 5 saturated carbocycles. The molecule has 1 aromatic carbocycles. The molecular weight excluding hydrogens is 795 g/mol. The summed E-state index contributed by atoms with van der Waals surface area (Å²) in [5.74, 6) is -1.57. The minimum atomic E-state index is -1.24. The molecule has 10 atom stereocenters. The van der Waals surface area contributed by atoms with Crippen LogP contribution in [0.15, 0.2) is 35.4 Å². The largest absolute Gasteiger partial charge is 0.481 e. The fourth-order valence-corrected chi connectivity index (χ4v) is 15.3. The molecule has 2 amide bonds. The van der Waals surface area contributed by atoms with E-state index in [0.717, 1.165) is 74.9 Å². The van der Waals surface area contributed by atoms with Crippen molar-refractivity contribution in [3.63, 3.8) is 0 Å². The second-order valence-electron chi connectivity index (χ2n) is 23.7. The molecule has 1 aromatic rings. The summed E-state index contributed by atoms with van der Waals surface area (Å²) in [5, 5.41) is 16.2. The van der Waals surface area contributed by atoms with Crippen molar-refractivity contribution >= 4 is 35.2 Å².